The Morgan fingerprint density at radius 2 is 2.39 bits per heavy atom. The first kappa shape index (κ1) is 13.6. The number of nitrogen functional groups attached to an aromatic ring is 1. The van der Waals surface area contributed by atoms with E-state index in [1.165, 1.54) is 6.07 Å². The van der Waals surface area contributed by atoms with Gasteiger partial charge in [0.15, 0.2) is 0 Å². The predicted molar refractivity (Wildman–Crippen MR) is 72.2 cm³/mol. The van der Waals surface area contributed by atoms with Crippen LogP contribution in [-0.4, -0.2) is 32.5 Å². The molecule has 1 aromatic rings. The lowest BCUT2D eigenvalue weighted by Gasteiger charge is -2.26. The van der Waals surface area contributed by atoms with E-state index in [1.54, 1.807) is 13.2 Å². The Hall–Kier alpha value is -0.850. The molecule has 6 heteroatoms. The molecule has 1 aliphatic heterocycles. The number of benzene rings is 1. The first-order chi connectivity index (χ1) is 8.56. The van der Waals surface area contributed by atoms with Gasteiger partial charge < -0.3 is 20.5 Å². The summed E-state index contributed by atoms with van der Waals surface area (Å²) in [7, 11) is 1.67. The lowest BCUT2D eigenvalue weighted by Crippen LogP contribution is -2.39. The molecule has 1 unspecified atom stereocenters. The number of nitrogens with one attached hydrogen (secondary N) is 1. The first-order valence-corrected chi connectivity index (χ1v) is 6.47. The van der Waals surface area contributed by atoms with Crippen LogP contribution in [0.2, 0.25) is 0 Å². The largest absolute Gasteiger partial charge is 0.397 e. The molecule has 0 bridgehead atoms. The van der Waals surface area contributed by atoms with Crippen molar-refractivity contribution in [2.24, 2.45) is 0 Å². The lowest BCUT2D eigenvalue weighted by atomic mass is 10.0. The molecule has 1 heterocycles. The summed E-state index contributed by atoms with van der Waals surface area (Å²) in [5.41, 5.74) is 6.50. The normalized spacial score (nSPS) is 23.3. The van der Waals surface area contributed by atoms with Crippen LogP contribution in [0, 0.1) is 5.82 Å². The van der Waals surface area contributed by atoms with Gasteiger partial charge in [-0.1, -0.05) is 0 Å². The number of hydrogen-bond acceptors (Lipinski definition) is 4. The summed E-state index contributed by atoms with van der Waals surface area (Å²) >= 11 is 3.14. The highest BCUT2D eigenvalue weighted by molar-refractivity contribution is 9.10. The van der Waals surface area contributed by atoms with Crippen LogP contribution in [0.4, 0.5) is 15.8 Å². The Morgan fingerprint density at radius 3 is 3.00 bits per heavy atom. The molecular formula is C12H16BrFN2O2. The van der Waals surface area contributed by atoms with E-state index in [9.17, 15) is 4.39 Å². The van der Waals surface area contributed by atoms with Crippen LogP contribution >= 0.6 is 15.9 Å². The minimum atomic E-state index is -0.372. The summed E-state index contributed by atoms with van der Waals surface area (Å²) in [6, 6.07) is 2.92. The van der Waals surface area contributed by atoms with Crippen LogP contribution in [0.25, 0.3) is 0 Å². The Kier molecular flexibility index (Phi) is 4.09. The summed E-state index contributed by atoms with van der Waals surface area (Å²) in [5, 5.41) is 3.19. The van der Waals surface area contributed by atoms with Crippen LogP contribution in [-0.2, 0) is 9.47 Å². The van der Waals surface area contributed by atoms with E-state index in [0.717, 1.165) is 6.42 Å². The van der Waals surface area contributed by atoms with Gasteiger partial charge in [0.05, 0.1) is 22.5 Å². The highest BCUT2D eigenvalue weighted by atomic mass is 79.9. The van der Waals surface area contributed by atoms with Crippen molar-refractivity contribution in [1.82, 2.24) is 0 Å². The van der Waals surface area contributed by atoms with Crippen LogP contribution < -0.4 is 11.1 Å². The minimum Gasteiger partial charge on any atom is -0.397 e. The molecule has 1 aromatic carbocycles. The van der Waals surface area contributed by atoms with Gasteiger partial charge in [-0.25, -0.2) is 4.39 Å². The SMILES string of the molecule is COC1(CNc2cc(Br)c(F)cc2N)CCOC1. The average Bonchev–Trinajstić information content (AvgIpc) is 2.82. The molecule has 0 aliphatic carbocycles. The highest BCUT2D eigenvalue weighted by Gasteiger charge is 2.34. The van der Waals surface area contributed by atoms with Crippen LogP contribution in [0.3, 0.4) is 0 Å². The summed E-state index contributed by atoms with van der Waals surface area (Å²) in [6.07, 6.45) is 0.832. The van der Waals surface area contributed by atoms with Gasteiger partial charge in [0.1, 0.15) is 11.4 Å². The van der Waals surface area contributed by atoms with Gasteiger partial charge in [-0.15, -0.1) is 0 Å². The molecule has 0 spiro atoms. The zero-order chi connectivity index (χ0) is 13.2. The Morgan fingerprint density at radius 1 is 1.61 bits per heavy atom. The lowest BCUT2D eigenvalue weighted by molar-refractivity contribution is -0.00618. The molecule has 100 valence electrons. The molecule has 18 heavy (non-hydrogen) atoms. The van der Waals surface area contributed by atoms with E-state index in [2.05, 4.69) is 21.2 Å². The van der Waals surface area contributed by atoms with Crippen molar-refractivity contribution in [2.75, 3.05) is 37.9 Å². The van der Waals surface area contributed by atoms with Gasteiger partial charge in [-0.05, 0) is 22.0 Å². The summed E-state index contributed by atoms with van der Waals surface area (Å²) < 4.78 is 24.5. The maximum absolute atomic E-state index is 13.2. The summed E-state index contributed by atoms with van der Waals surface area (Å²) in [4.78, 5) is 0. The van der Waals surface area contributed by atoms with E-state index in [1.807, 2.05) is 0 Å². The predicted octanol–water partition coefficient (Wildman–Crippen LogP) is 2.39. The average molecular weight is 319 g/mol. The van der Waals surface area contributed by atoms with Gasteiger partial charge in [0.25, 0.3) is 0 Å². The first-order valence-electron chi connectivity index (χ1n) is 5.68. The topological polar surface area (TPSA) is 56.5 Å². The maximum Gasteiger partial charge on any atom is 0.139 e. The second kappa shape index (κ2) is 5.42. The highest BCUT2D eigenvalue weighted by Crippen LogP contribution is 2.29. The van der Waals surface area contributed by atoms with Crippen molar-refractivity contribution in [3.8, 4) is 0 Å². The third-order valence-electron chi connectivity index (χ3n) is 3.19. The molecule has 0 amide bonds. The smallest absolute Gasteiger partial charge is 0.139 e. The Balaban J connectivity index is 2.08. The molecule has 4 nitrogen and oxygen atoms in total. The number of methoxy groups -OCH3 is 1. The molecule has 2 rings (SSSR count). The number of halogens is 2. The fourth-order valence-corrected chi connectivity index (χ4v) is 2.28. The minimum absolute atomic E-state index is 0.326. The molecule has 0 aromatic heterocycles. The Bertz CT molecular complexity index is 436. The van der Waals surface area contributed by atoms with E-state index in [-0.39, 0.29) is 11.4 Å². The van der Waals surface area contributed by atoms with Crippen molar-refractivity contribution in [2.45, 2.75) is 12.0 Å². The van der Waals surface area contributed by atoms with Gasteiger partial charge in [0, 0.05) is 32.7 Å². The molecule has 1 aliphatic rings. The number of rotatable bonds is 4. The van der Waals surface area contributed by atoms with E-state index >= 15 is 0 Å². The van der Waals surface area contributed by atoms with Crippen LogP contribution in [0.5, 0.6) is 0 Å². The van der Waals surface area contributed by atoms with Crippen LogP contribution in [0.15, 0.2) is 16.6 Å². The maximum atomic E-state index is 13.2. The second-order valence-electron chi connectivity index (χ2n) is 4.40. The number of nitrogens with two attached hydrogens (primary N) is 1. The quantitative estimate of drug-likeness (QED) is 0.837. The van der Waals surface area contributed by atoms with Crippen LogP contribution in [0.1, 0.15) is 6.42 Å². The van der Waals surface area contributed by atoms with E-state index < -0.39 is 0 Å². The zero-order valence-electron chi connectivity index (χ0n) is 10.1. The van der Waals surface area contributed by atoms with E-state index in [4.69, 9.17) is 15.2 Å². The van der Waals surface area contributed by atoms with Crippen molar-refractivity contribution < 1.29 is 13.9 Å². The molecule has 3 N–H and O–H groups in total. The standard InChI is InChI=1S/C12H16BrFN2O2/c1-17-12(2-3-18-7-12)6-16-11-4-8(13)9(14)5-10(11)15/h4-5,16H,2-3,6-7,15H2,1H3. The summed E-state index contributed by atoms with van der Waals surface area (Å²) in [6.45, 7) is 1.82. The third-order valence-corrected chi connectivity index (χ3v) is 3.80. The number of hydrogen-bond donors (Lipinski definition) is 2. The van der Waals surface area contributed by atoms with Gasteiger partial charge in [-0.2, -0.15) is 0 Å². The fraction of sp³-hybridized carbons (Fsp3) is 0.500. The molecule has 1 saturated heterocycles. The van der Waals surface area contributed by atoms with Crippen molar-refractivity contribution in [1.29, 1.82) is 0 Å². The van der Waals surface area contributed by atoms with Crippen molar-refractivity contribution in [3.05, 3.63) is 22.4 Å². The van der Waals surface area contributed by atoms with E-state index in [0.29, 0.717) is 35.6 Å². The molecule has 1 fully saturated rings. The van der Waals surface area contributed by atoms with Crippen molar-refractivity contribution >= 4 is 27.3 Å². The summed E-state index contributed by atoms with van der Waals surface area (Å²) in [5.74, 6) is -0.372. The van der Waals surface area contributed by atoms with Crippen molar-refractivity contribution in [3.63, 3.8) is 0 Å². The molecule has 1 atom stereocenters. The van der Waals surface area contributed by atoms with Gasteiger partial charge in [0.2, 0.25) is 0 Å². The number of ether oxygens (including phenoxy) is 2. The zero-order valence-corrected chi connectivity index (χ0v) is 11.7. The monoisotopic (exact) mass is 318 g/mol. The molecule has 0 saturated carbocycles. The fourth-order valence-electron chi connectivity index (χ4n) is 1.93. The second-order valence-corrected chi connectivity index (χ2v) is 5.25. The van der Waals surface area contributed by atoms with Gasteiger partial charge >= 0.3 is 0 Å². The molecular weight excluding hydrogens is 303 g/mol. The number of anilines is 2. The van der Waals surface area contributed by atoms with Gasteiger partial charge in [-0.3, -0.25) is 0 Å². The Labute approximate surface area is 114 Å². The third kappa shape index (κ3) is 2.76. The molecule has 0 radical (unpaired) electrons.